The Labute approximate surface area is 93.3 Å². The van der Waals surface area contributed by atoms with E-state index < -0.39 is 0 Å². The highest BCUT2D eigenvalue weighted by Gasteiger charge is 2.01. The van der Waals surface area contributed by atoms with Gasteiger partial charge >= 0.3 is 0 Å². The molecule has 1 aromatic carbocycles. The Morgan fingerprint density at radius 1 is 1.00 bits per heavy atom. The van der Waals surface area contributed by atoms with E-state index in [-0.39, 0.29) is 0 Å². The molecule has 1 aromatic rings. The fourth-order valence-electron chi connectivity index (χ4n) is 1.65. The zero-order chi connectivity index (χ0) is 11.3. The quantitative estimate of drug-likeness (QED) is 0.660. The number of allylic oxidation sites excluding steroid dienone is 2. The molecular weight excluding hydrogens is 180 g/mol. The highest BCUT2D eigenvalue weighted by molar-refractivity contribution is 5.63. The van der Waals surface area contributed by atoms with E-state index in [1.54, 1.807) is 0 Å². The summed E-state index contributed by atoms with van der Waals surface area (Å²) in [5.41, 5.74) is 5.42. The van der Waals surface area contributed by atoms with Gasteiger partial charge in [0.25, 0.3) is 0 Å². The Bertz CT molecular complexity index is 381. The topological polar surface area (TPSA) is 0 Å². The van der Waals surface area contributed by atoms with Crippen molar-refractivity contribution in [2.45, 2.75) is 34.1 Å². The second-order valence-electron chi connectivity index (χ2n) is 3.80. The lowest BCUT2D eigenvalue weighted by Gasteiger charge is -2.08. The molecule has 0 aromatic heterocycles. The van der Waals surface area contributed by atoms with Gasteiger partial charge < -0.3 is 0 Å². The highest BCUT2D eigenvalue weighted by atomic mass is 14.1. The molecule has 0 atom stereocenters. The zero-order valence-electron chi connectivity index (χ0n) is 10.2. The standard InChI is InChI=1S/C15H20/c1-5-7-9-15-11-10-14(8-6-2)12(3)13(15)4/h6-11H,5H2,1-4H3/b8-6-,9-7-. The maximum absolute atomic E-state index is 2.21. The summed E-state index contributed by atoms with van der Waals surface area (Å²) < 4.78 is 0. The van der Waals surface area contributed by atoms with Crippen LogP contribution in [0.5, 0.6) is 0 Å². The van der Waals surface area contributed by atoms with Gasteiger partial charge in [-0.3, -0.25) is 0 Å². The lowest BCUT2D eigenvalue weighted by molar-refractivity contribution is 1.23. The zero-order valence-corrected chi connectivity index (χ0v) is 10.2. The summed E-state index contributed by atoms with van der Waals surface area (Å²) >= 11 is 0. The maximum atomic E-state index is 2.21. The van der Waals surface area contributed by atoms with Gasteiger partial charge in [-0.15, -0.1) is 0 Å². The summed E-state index contributed by atoms with van der Waals surface area (Å²) in [6.07, 6.45) is 9.76. The molecule has 0 bridgehead atoms. The Morgan fingerprint density at radius 3 is 2.00 bits per heavy atom. The summed E-state index contributed by atoms with van der Waals surface area (Å²) in [4.78, 5) is 0. The van der Waals surface area contributed by atoms with E-state index in [2.05, 4.69) is 64.1 Å². The molecule has 0 nitrogen and oxygen atoms in total. The van der Waals surface area contributed by atoms with Gasteiger partial charge in [-0.1, -0.05) is 43.4 Å². The smallest absolute Gasteiger partial charge is 0.0227 e. The molecular formula is C15H20. The van der Waals surface area contributed by atoms with E-state index in [0.717, 1.165) is 6.42 Å². The Hall–Kier alpha value is -1.30. The Balaban J connectivity index is 3.15. The maximum Gasteiger partial charge on any atom is -0.0227 e. The largest absolute Gasteiger partial charge is 0.0871 e. The minimum atomic E-state index is 1.09. The molecule has 0 N–H and O–H groups in total. The first-order valence-electron chi connectivity index (χ1n) is 5.60. The number of hydrogen-bond donors (Lipinski definition) is 0. The van der Waals surface area contributed by atoms with Crippen LogP contribution in [0.4, 0.5) is 0 Å². The van der Waals surface area contributed by atoms with Crippen LogP contribution in [0.1, 0.15) is 42.5 Å². The van der Waals surface area contributed by atoms with Gasteiger partial charge in [0.05, 0.1) is 0 Å². The van der Waals surface area contributed by atoms with Crippen LogP contribution in [0.15, 0.2) is 24.3 Å². The number of rotatable bonds is 3. The average molecular weight is 200 g/mol. The fraction of sp³-hybridized carbons (Fsp3) is 0.333. The van der Waals surface area contributed by atoms with Crippen LogP contribution in [0, 0.1) is 13.8 Å². The van der Waals surface area contributed by atoms with Crippen molar-refractivity contribution in [3.63, 3.8) is 0 Å². The van der Waals surface area contributed by atoms with Gasteiger partial charge in [0.15, 0.2) is 0 Å². The van der Waals surface area contributed by atoms with Gasteiger partial charge in [-0.25, -0.2) is 0 Å². The monoisotopic (exact) mass is 200 g/mol. The van der Waals surface area contributed by atoms with Gasteiger partial charge in [0.2, 0.25) is 0 Å². The normalized spacial score (nSPS) is 11.7. The van der Waals surface area contributed by atoms with Crippen molar-refractivity contribution in [1.82, 2.24) is 0 Å². The average Bonchev–Trinajstić information content (AvgIpc) is 2.24. The van der Waals surface area contributed by atoms with Crippen LogP contribution in [0.25, 0.3) is 12.2 Å². The van der Waals surface area contributed by atoms with Crippen LogP contribution in [0.2, 0.25) is 0 Å². The molecule has 1 rings (SSSR count). The lowest BCUT2D eigenvalue weighted by Crippen LogP contribution is -1.89. The third kappa shape index (κ3) is 2.82. The summed E-state index contributed by atoms with van der Waals surface area (Å²) in [7, 11) is 0. The van der Waals surface area contributed by atoms with E-state index in [1.807, 2.05) is 0 Å². The van der Waals surface area contributed by atoms with Crippen molar-refractivity contribution >= 4 is 12.2 Å². The molecule has 0 radical (unpaired) electrons. The molecule has 80 valence electrons. The van der Waals surface area contributed by atoms with Crippen molar-refractivity contribution in [1.29, 1.82) is 0 Å². The SMILES string of the molecule is C/C=C\c1ccc(/C=C\CC)c(C)c1C. The Morgan fingerprint density at radius 2 is 1.53 bits per heavy atom. The van der Waals surface area contributed by atoms with Crippen LogP contribution >= 0.6 is 0 Å². The van der Waals surface area contributed by atoms with Crippen LogP contribution in [-0.2, 0) is 0 Å². The third-order valence-electron chi connectivity index (χ3n) is 2.75. The third-order valence-corrected chi connectivity index (χ3v) is 2.75. The summed E-state index contributed by atoms with van der Waals surface area (Å²) in [5.74, 6) is 0. The first kappa shape index (κ1) is 11.8. The first-order chi connectivity index (χ1) is 7.20. The lowest BCUT2D eigenvalue weighted by atomic mass is 9.97. The van der Waals surface area contributed by atoms with Crippen molar-refractivity contribution in [2.24, 2.45) is 0 Å². The van der Waals surface area contributed by atoms with Crippen molar-refractivity contribution in [2.75, 3.05) is 0 Å². The number of benzene rings is 1. The molecule has 0 amide bonds. The van der Waals surface area contributed by atoms with E-state index in [4.69, 9.17) is 0 Å². The molecule has 0 aliphatic heterocycles. The molecule has 0 aliphatic carbocycles. The molecule has 0 fully saturated rings. The molecule has 0 saturated heterocycles. The molecule has 0 heterocycles. The van der Waals surface area contributed by atoms with Crippen LogP contribution < -0.4 is 0 Å². The fourth-order valence-corrected chi connectivity index (χ4v) is 1.65. The van der Waals surface area contributed by atoms with E-state index in [0.29, 0.717) is 0 Å². The van der Waals surface area contributed by atoms with Gasteiger partial charge in [0, 0.05) is 0 Å². The van der Waals surface area contributed by atoms with E-state index in [1.165, 1.54) is 22.3 Å². The second-order valence-corrected chi connectivity index (χ2v) is 3.80. The summed E-state index contributed by atoms with van der Waals surface area (Å²) in [5, 5.41) is 0. The predicted molar refractivity (Wildman–Crippen MR) is 69.9 cm³/mol. The molecule has 0 aliphatic rings. The van der Waals surface area contributed by atoms with Crippen molar-refractivity contribution < 1.29 is 0 Å². The molecule has 0 spiro atoms. The van der Waals surface area contributed by atoms with E-state index in [9.17, 15) is 0 Å². The number of hydrogen-bond acceptors (Lipinski definition) is 0. The van der Waals surface area contributed by atoms with Gasteiger partial charge in [-0.2, -0.15) is 0 Å². The highest BCUT2D eigenvalue weighted by Crippen LogP contribution is 2.20. The molecule has 0 saturated carbocycles. The van der Waals surface area contributed by atoms with Gasteiger partial charge in [-0.05, 0) is 49.4 Å². The van der Waals surface area contributed by atoms with Crippen molar-refractivity contribution in [3.05, 3.63) is 46.5 Å². The summed E-state index contributed by atoms with van der Waals surface area (Å²) in [6, 6.07) is 4.39. The second kappa shape index (κ2) is 5.55. The Kier molecular flexibility index (Phi) is 4.36. The van der Waals surface area contributed by atoms with Crippen LogP contribution in [-0.4, -0.2) is 0 Å². The van der Waals surface area contributed by atoms with Crippen molar-refractivity contribution in [3.8, 4) is 0 Å². The first-order valence-corrected chi connectivity index (χ1v) is 5.60. The summed E-state index contributed by atoms with van der Waals surface area (Å²) in [6.45, 7) is 8.60. The molecule has 15 heavy (non-hydrogen) atoms. The van der Waals surface area contributed by atoms with Crippen LogP contribution in [0.3, 0.4) is 0 Å². The van der Waals surface area contributed by atoms with Gasteiger partial charge in [0.1, 0.15) is 0 Å². The predicted octanol–water partition coefficient (Wildman–Crippen LogP) is 4.76. The van der Waals surface area contributed by atoms with E-state index >= 15 is 0 Å². The molecule has 0 heteroatoms. The minimum Gasteiger partial charge on any atom is -0.0871 e. The molecule has 0 unspecified atom stereocenters. The minimum absolute atomic E-state index is 1.09.